The van der Waals surface area contributed by atoms with Gasteiger partial charge in [-0.2, -0.15) is 0 Å². The number of hydrogen-bond acceptors (Lipinski definition) is 5. The van der Waals surface area contributed by atoms with Gasteiger partial charge in [-0.25, -0.2) is 0 Å². The van der Waals surface area contributed by atoms with Crippen molar-refractivity contribution in [1.82, 2.24) is 10.1 Å². The first kappa shape index (κ1) is 17.8. The fourth-order valence-electron chi connectivity index (χ4n) is 2.92. The third-order valence-corrected chi connectivity index (χ3v) is 4.51. The SMILES string of the molecule is CCc1cc(C(=O)N2CCCC(O)(COc3cccc(Cl)c3)C2)no1. The second-order valence-electron chi connectivity index (χ2n) is 6.33. The van der Waals surface area contributed by atoms with E-state index in [0.29, 0.717) is 42.3 Å². The molecular formula is C18H21ClN2O4. The van der Waals surface area contributed by atoms with Crippen molar-refractivity contribution < 1.29 is 19.2 Å². The molecule has 1 amide bonds. The zero-order valence-corrected chi connectivity index (χ0v) is 14.8. The zero-order valence-electron chi connectivity index (χ0n) is 14.1. The maximum atomic E-state index is 12.6. The van der Waals surface area contributed by atoms with Crippen molar-refractivity contribution in [2.24, 2.45) is 0 Å². The highest BCUT2D eigenvalue weighted by Gasteiger charge is 2.37. The van der Waals surface area contributed by atoms with Crippen LogP contribution in [-0.4, -0.2) is 46.4 Å². The van der Waals surface area contributed by atoms with Crippen molar-refractivity contribution in [1.29, 1.82) is 0 Å². The van der Waals surface area contributed by atoms with Gasteiger partial charge in [-0.1, -0.05) is 29.7 Å². The quantitative estimate of drug-likeness (QED) is 0.882. The number of likely N-dealkylation sites (tertiary alicyclic amines) is 1. The highest BCUT2D eigenvalue weighted by atomic mass is 35.5. The summed E-state index contributed by atoms with van der Waals surface area (Å²) in [5.74, 6) is 1.03. The number of nitrogens with zero attached hydrogens (tertiary/aromatic N) is 2. The van der Waals surface area contributed by atoms with Crippen LogP contribution in [0.1, 0.15) is 36.0 Å². The molecule has 0 saturated carbocycles. The minimum atomic E-state index is -1.10. The van der Waals surface area contributed by atoms with Crippen LogP contribution in [0.3, 0.4) is 0 Å². The molecule has 6 nitrogen and oxygen atoms in total. The third-order valence-electron chi connectivity index (χ3n) is 4.27. The van der Waals surface area contributed by atoms with Gasteiger partial charge in [-0.3, -0.25) is 4.79 Å². The first-order valence-corrected chi connectivity index (χ1v) is 8.72. The lowest BCUT2D eigenvalue weighted by Crippen LogP contribution is -2.53. The highest BCUT2D eigenvalue weighted by Crippen LogP contribution is 2.25. The highest BCUT2D eigenvalue weighted by molar-refractivity contribution is 6.30. The normalized spacial score (nSPS) is 20.5. The maximum Gasteiger partial charge on any atom is 0.276 e. The van der Waals surface area contributed by atoms with E-state index < -0.39 is 5.60 Å². The predicted molar refractivity (Wildman–Crippen MR) is 92.9 cm³/mol. The van der Waals surface area contributed by atoms with E-state index >= 15 is 0 Å². The van der Waals surface area contributed by atoms with Gasteiger partial charge in [0.2, 0.25) is 0 Å². The molecule has 0 aliphatic carbocycles. The fourth-order valence-corrected chi connectivity index (χ4v) is 3.10. The number of amides is 1. The van der Waals surface area contributed by atoms with Gasteiger partial charge in [0.05, 0.1) is 6.54 Å². The number of halogens is 1. The minimum absolute atomic E-state index is 0.0934. The van der Waals surface area contributed by atoms with E-state index in [1.54, 1.807) is 35.2 Å². The summed E-state index contributed by atoms with van der Waals surface area (Å²) in [6.45, 7) is 2.80. The fraction of sp³-hybridized carbons (Fsp3) is 0.444. The van der Waals surface area contributed by atoms with Crippen molar-refractivity contribution in [3.63, 3.8) is 0 Å². The summed E-state index contributed by atoms with van der Waals surface area (Å²) in [7, 11) is 0. The van der Waals surface area contributed by atoms with Crippen LogP contribution in [0, 0.1) is 0 Å². The molecule has 1 N–H and O–H groups in total. The first-order chi connectivity index (χ1) is 12.0. The van der Waals surface area contributed by atoms with Crippen LogP contribution in [0.25, 0.3) is 0 Å². The van der Waals surface area contributed by atoms with Gasteiger partial charge in [0.25, 0.3) is 5.91 Å². The molecule has 25 heavy (non-hydrogen) atoms. The Morgan fingerprint density at radius 2 is 2.32 bits per heavy atom. The molecule has 1 saturated heterocycles. The Morgan fingerprint density at radius 3 is 3.04 bits per heavy atom. The molecular weight excluding hydrogens is 344 g/mol. The van der Waals surface area contributed by atoms with Crippen molar-refractivity contribution >= 4 is 17.5 Å². The van der Waals surface area contributed by atoms with Gasteiger partial charge in [-0.05, 0) is 31.0 Å². The lowest BCUT2D eigenvalue weighted by atomic mass is 9.93. The van der Waals surface area contributed by atoms with E-state index in [0.717, 1.165) is 0 Å². The Kier molecular flexibility index (Phi) is 5.30. The van der Waals surface area contributed by atoms with E-state index in [9.17, 15) is 9.90 Å². The molecule has 134 valence electrons. The lowest BCUT2D eigenvalue weighted by Gasteiger charge is -2.38. The van der Waals surface area contributed by atoms with E-state index in [-0.39, 0.29) is 24.8 Å². The lowest BCUT2D eigenvalue weighted by molar-refractivity contribution is -0.0533. The molecule has 1 aliphatic rings. The first-order valence-electron chi connectivity index (χ1n) is 8.35. The number of aliphatic hydroxyl groups is 1. The van der Waals surface area contributed by atoms with Crippen LogP contribution in [0.2, 0.25) is 5.02 Å². The number of β-amino-alcohol motifs (C(OH)–C–C–N with tert-alkyl or cyclic N) is 1. The maximum absolute atomic E-state index is 12.6. The molecule has 3 rings (SSSR count). The molecule has 1 fully saturated rings. The number of aryl methyl sites for hydroxylation is 1. The number of hydrogen-bond donors (Lipinski definition) is 1. The van der Waals surface area contributed by atoms with Crippen LogP contribution >= 0.6 is 11.6 Å². The number of benzene rings is 1. The second kappa shape index (κ2) is 7.45. The van der Waals surface area contributed by atoms with Crippen LogP contribution in [0.4, 0.5) is 0 Å². The molecule has 2 heterocycles. The minimum Gasteiger partial charge on any atom is -0.490 e. The average molecular weight is 365 g/mol. The molecule has 1 aromatic heterocycles. The predicted octanol–water partition coefficient (Wildman–Crippen LogP) is 2.94. The van der Waals surface area contributed by atoms with E-state index in [2.05, 4.69) is 5.16 Å². The number of ether oxygens (including phenoxy) is 1. The topological polar surface area (TPSA) is 75.8 Å². The van der Waals surface area contributed by atoms with Crippen LogP contribution in [-0.2, 0) is 6.42 Å². The summed E-state index contributed by atoms with van der Waals surface area (Å²) in [5, 5.41) is 15.2. The third kappa shape index (κ3) is 4.32. The average Bonchev–Trinajstić information content (AvgIpc) is 3.09. The number of piperidine rings is 1. The Balaban J connectivity index is 1.63. The van der Waals surface area contributed by atoms with Gasteiger partial charge in [0.1, 0.15) is 23.7 Å². The van der Waals surface area contributed by atoms with Crippen LogP contribution in [0.15, 0.2) is 34.9 Å². The van der Waals surface area contributed by atoms with Gasteiger partial charge in [0.15, 0.2) is 5.69 Å². The van der Waals surface area contributed by atoms with Crippen LogP contribution in [0.5, 0.6) is 5.75 Å². The molecule has 7 heteroatoms. The molecule has 0 spiro atoms. The smallest absolute Gasteiger partial charge is 0.276 e. The molecule has 0 radical (unpaired) electrons. The summed E-state index contributed by atoms with van der Waals surface area (Å²) in [6.07, 6.45) is 1.94. The monoisotopic (exact) mass is 364 g/mol. The van der Waals surface area contributed by atoms with Crippen molar-refractivity contribution in [2.45, 2.75) is 31.8 Å². The van der Waals surface area contributed by atoms with Gasteiger partial charge < -0.3 is 19.3 Å². The summed E-state index contributed by atoms with van der Waals surface area (Å²) >= 11 is 5.94. The van der Waals surface area contributed by atoms with Gasteiger partial charge in [-0.15, -0.1) is 0 Å². The van der Waals surface area contributed by atoms with E-state index in [1.165, 1.54) is 0 Å². The number of carbonyl (C=O) groups is 1. The number of rotatable bonds is 5. The van der Waals surface area contributed by atoms with Crippen molar-refractivity contribution in [3.8, 4) is 5.75 Å². The Bertz CT molecular complexity index is 748. The van der Waals surface area contributed by atoms with E-state index in [4.69, 9.17) is 20.9 Å². The molecule has 2 aromatic rings. The van der Waals surface area contributed by atoms with Crippen molar-refractivity contribution in [3.05, 3.63) is 46.8 Å². The Labute approximate surface area is 151 Å². The van der Waals surface area contributed by atoms with E-state index in [1.807, 2.05) is 6.92 Å². The van der Waals surface area contributed by atoms with Crippen LogP contribution < -0.4 is 4.74 Å². The Morgan fingerprint density at radius 1 is 1.48 bits per heavy atom. The van der Waals surface area contributed by atoms with Gasteiger partial charge in [0, 0.05) is 24.1 Å². The second-order valence-corrected chi connectivity index (χ2v) is 6.77. The molecule has 0 bridgehead atoms. The summed E-state index contributed by atoms with van der Waals surface area (Å²) < 4.78 is 10.8. The summed E-state index contributed by atoms with van der Waals surface area (Å²) in [6, 6.07) is 8.67. The van der Waals surface area contributed by atoms with Gasteiger partial charge >= 0.3 is 0 Å². The molecule has 1 atom stereocenters. The number of aromatic nitrogens is 1. The summed E-state index contributed by atoms with van der Waals surface area (Å²) in [5.41, 5.74) is -0.829. The molecule has 1 aliphatic heterocycles. The zero-order chi connectivity index (χ0) is 17.9. The molecule has 1 unspecified atom stereocenters. The number of carbonyl (C=O) groups excluding carboxylic acids is 1. The van der Waals surface area contributed by atoms with Crippen molar-refractivity contribution in [2.75, 3.05) is 19.7 Å². The standard InChI is InChI=1S/C18H21ClN2O4/c1-2-14-10-16(20-25-14)17(22)21-8-4-7-18(23,11-21)12-24-15-6-3-5-13(19)9-15/h3,5-6,9-10,23H,2,4,7-8,11-12H2,1H3. The Hall–Kier alpha value is -2.05. The largest absolute Gasteiger partial charge is 0.490 e. The molecule has 1 aromatic carbocycles. The summed E-state index contributed by atoms with van der Waals surface area (Å²) in [4.78, 5) is 14.2.